The van der Waals surface area contributed by atoms with E-state index >= 15 is 0 Å². The molecular formula is C29H38N4O2. The third-order valence-corrected chi connectivity index (χ3v) is 7.88. The number of piperazine rings is 1. The molecule has 3 aliphatic rings. The molecule has 2 bridgehead atoms. The van der Waals surface area contributed by atoms with Gasteiger partial charge in [0.1, 0.15) is 5.75 Å². The van der Waals surface area contributed by atoms with E-state index in [-0.39, 0.29) is 11.9 Å². The molecule has 0 aromatic heterocycles. The number of rotatable bonds is 8. The maximum atomic E-state index is 12.8. The maximum absolute atomic E-state index is 12.8. The second kappa shape index (κ2) is 10.9. The van der Waals surface area contributed by atoms with Crippen LogP contribution in [0.15, 0.2) is 61.2 Å². The minimum atomic E-state index is -0.0209. The number of carbonyl (C=O) groups is 1. The molecule has 6 heteroatoms. The van der Waals surface area contributed by atoms with Crippen molar-refractivity contribution in [3.63, 3.8) is 0 Å². The molecule has 0 spiro atoms. The first-order valence-electron chi connectivity index (χ1n) is 13.1. The molecule has 1 N–H and O–H groups in total. The van der Waals surface area contributed by atoms with E-state index in [2.05, 4.69) is 57.1 Å². The number of nitrogens with one attached hydrogen (secondary N) is 1. The van der Waals surface area contributed by atoms with E-state index in [1.807, 2.05) is 24.3 Å². The van der Waals surface area contributed by atoms with Crippen molar-refractivity contribution in [2.75, 3.05) is 39.8 Å². The summed E-state index contributed by atoms with van der Waals surface area (Å²) in [6, 6.07) is 17.9. The number of amides is 1. The molecule has 3 saturated heterocycles. The Morgan fingerprint density at radius 1 is 1.06 bits per heavy atom. The molecule has 5 rings (SSSR count). The average molecular weight is 475 g/mol. The summed E-state index contributed by atoms with van der Waals surface area (Å²) in [6.45, 7) is 8.87. The zero-order valence-electron chi connectivity index (χ0n) is 20.9. The van der Waals surface area contributed by atoms with E-state index < -0.39 is 0 Å². The predicted octanol–water partition coefficient (Wildman–Crippen LogP) is 4.25. The second-order valence-corrected chi connectivity index (χ2v) is 10.1. The van der Waals surface area contributed by atoms with Crippen LogP contribution in [-0.4, -0.2) is 72.6 Å². The zero-order valence-corrected chi connectivity index (χ0v) is 20.9. The number of piperidine rings is 1. The van der Waals surface area contributed by atoms with E-state index in [1.54, 1.807) is 7.11 Å². The van der Waals surface area contributed by atoms with Crippen LogP contribution in [0, 0.1) is 0 Å². The van der Waals surface area contributed by atoms with Gasteiger partial charge < -0.3 is 4.74 Å². The molecule has 3 aliphatic heterocycles. The molecule has 1 amide bonds. The molecule has 2 aromatic carbocycles. The summed E-state index contributed by atoms with van der Waals surface area (Å²) >= 11 is 0. The summed E-state index contributed by atoms with van der Waals surface area (Å²) in [5.41, 5.74) is 6.23. The minimum Gasteiger partial charge on any atom is -0.497 e. The first-order chi connectivity index (χ1) is 17.2. The van der Waals surface area contributed by atoms with Crippen LogP contribution in [0.5, 0.6) is 5.75 Å². The molecule has 2 aromatic rings. The summed E-state index contributed by atoms with van der Waals surface area (Å²) in [7, 11) is 1.72. The van der Waals surface area contributed by atoms with Crippen LogP contribution < -0.4 is 10.2 Å². The highest BCUT2D eigenvalue weighted by Gasteiger charge is 2.41. The summed E-state index contributed by atoms with van der Waals surface area (Å²) < 4.78 is 5.56. The second-order valence-electron chi connectivity index (χ2n) is 10.1. The van der Waals surface area contributed by atoms with Crippen LogP contribution in [0.3, 0.4) is 0 Å². The van der Waals surface area contributed by atoms with E-state index in [4.69, 9.17) is 4.74 Å². The van der Waals surface area contributed by atoms with Gasteiger partial charge >= 0.3 is 0 Å². The Morgan fingerprint density at radius 2 is 1.77 bits per heavy atom. The monoisotopic (exact) mass is 474 g/mol. The number of hydrogen-bond donors (Lipinski definition) is 1. The molecule has 0 saturated carbocycles. The van der Waals surface area contributed by atoms with E-state index in [1.165, 1.54) is 30.4 Å². The smallest absolute Gasteiger partial charge is 0.265 e. The number of hydrogen-bond acceptors (Lipinski definition) is 5. The van der Waals surface area contributed by atoms with Crippen molar-refractivity contribution in [2.24, 2.45) is 0 Å². The minimum absolute atomic E-state index is 0.0209. The Labute approximate surface area is 209 Å². The molecular weight excluding hydrogens is 436 g/mol. The highest BCUT2D eigenvalue weighted by molar-refractivity contribution is 5.93. The quantitative estimate of drug-likeness (QED) is 0.580. The summed E-state index contributed by atoms with van der Waals surface area (Å²) in [6.07, 6.45) is 8.06. The van der Waals surface area contributed by atoms with Crippen molar-refractivity contribution in [3.8, 4) is 5.75 Å². The van der Waals surface area contributed by atoms with Crippen LogP contribution in [0.2, 0.25) is 0 Å². The largest absolute Gasteiger partial charge is 0.497 e. The lowest BCUT2D eigenvalue weighted by Crippen LogP contribution is -2.54. The molecule has 0 radical (unpaired) electrons. The summed E-state index contributed by atoms with van der Waals surface area (Å²) in [4.78, 5) is 18.1. The van der Waals surface area contributed by atoms with Gasteiger partial charge in [0.25, 0.3) is 5.91 Å². The standard InChI is InChI=1S/C29H38N4O2/c1-3-16-33-25-14-15-26(33)21-31(20-25)28(24-8-7-9-27(19-24)35-2)22-10-12-23(13-11-22)29(34)30-32-17-5-4-6-18-32/h3,7-13,19,25-26,28H,1,4-6,14-18,20-21H2,2H3,(H,30,34). The topological polar surface area (TPSA) is 48.0 Å². The van der Waals surface area contributed by atoms with Crippen molar-refractivity contribution in [3.05, 3.63) is 77.9 Å². The lowest BCUT2D eigenvalue weighted by atomic mass is 9.94. The van der Waals surface area contributed by atoms with Gasteiger partial charge in [-0.15, -0.1) is 6.58 Å². The van der Waals surface area contributed by atoms with Gasteiger partial charge in [-0.3, -0.25) is 20.0 Å². The number of ether oxygens (including phenoxy) is 1. The van der Waals surface area contributed by atoms with Crippen molar-refractivity contribution < 1.29 is 9.53 Å². The fraction of sp³-hybridized carbons (Fsp3) is 0.483. The Balaban J connectivity index is 1.39. The normalized spacial score (nSPS) is 24.1. The van der Waals surface area contributed by atoms with Crippen LogP contribution in [-0.2, 0) is 0 Å². The van der Waals surface area contributed by atoms with E-state index in [0.29, 0.717) is 17.6 Å². The van der Waals surface area contributed by atoms with E-state index in [0.717, 1.165) is 51.3 Å². The van der Waals surface area contributed by atoms with Gasteiger partial charge in [0.05, 0.1) is 13.2 Å². The van der Waals surface area contributed by atoms with Crippen molar-refractivity contribution in [2.45, 2.75) is 50.2 Å². The van der Waals surface area contributed by atoms with Gasteiger partial charge in [-0.2, -0.15) is 0 Å². The van der Waals surface area contributed by atoms with Crippen LogP contribution in [0.1, 0.15) is 59.6 Å². The molecule has 35 heavy (non-hydrogen) atoms. The number of likely N-dealkylation sites (tertiary alicyclic amines) is 1. The van der Waals surface area contributed by atoms with Crippen molar-refractivity contribution >= 4 is 5.91 Å². The third-order valence-electron chi connectivity index (χ3n) is 7.88. The Kier molecular flexibility index (Phi) is 7.51. The lowest BCUT2D eigenvalue weighted by molar-refractivity contribution is 0.0582. The fourth-order valence-corrected chi connectivity index (χ4v) is 6.14. The van der Waals surface area contributed by atoms with Crippen LogP contribution in [0.25, 0.3) is 0 Å². The molecule has 3 unspecified atom stereocenters. The number of methoxy groups -OCH3 is 1. The number of hydrazine groups is 1. The molecule has 0 aliphatic carbocycles. The van der Waals surface area contributed by atoms with Gasteiger partial charge in [-0.05, 0) is 61.1 Å². The zero-order chi connectivity index (χ0) is 24.2. The highest BCUT2D eigenvalue weighted by Crippen LogP contribution is 2.38. The average Bonchev–Trinajstić information content (AvgIpc) is 3.12. The number of benzene rings is 2. The molecule has 3 atom stereocenters. The van der Waals surface area contributed by atoms with Gasteiger partial charge in [0.2, 0.25) is 0 Å². The SMILES string of the molecule is C=CCN1C2CCC1CN(C(c1ccc(C(=O)NN3CCCCC3)cc1)c1cccc(OC)c1)C2. The molecule has 3 heterocycles. The number of fused-ring (bicyclic) bond motifs is 2. The molecule has 3 fully saturated rings. The van der Waals surface area contributed by atoms with Crippen molar-refractivity contribution in [1.82, 2.24) is 20.2 Å². The van der Waals surface area contributed by atoms with E-state index in [9.17, 15) is 4.79 Å². The van der Waals surface area contributed by atoms with Crippen molar-refractivity contribution in [1.29, 1.82) is 0 Å². The Bertz CT molecular complexity index is 1000. The first-order valence-corrected chi connectivity index (χ1v) is 13.1. The summed E-state index contributed by atoms with van der Waals surface area (Å²) in [5.74, 6) is 0.853. The first kappa shape index (κ1) is 24.0. The summed E-state index contributed by atoms with van der Waals surface area (Å²) in [5, 5.41) is 2.05. The number of nitrogens with zero attached hydrogens (tertiary/aromatic N) is 3. The Morgan fingerprint density at radius 3 is 2.43 bits per heavy atom. The van der Waals surface area contributed by atoms with Crippen LogP contribution >= 0.6 is 0 Å². The van der Waals surface area contributed by atoms with Gasteiger partial charge in [-0.1, -0.05) is 36.8 Å². The molecule has 186 valence electrons. The van der Waals surface area contributed by atoms with Gasteiger partial charge in [0, 0.05) is 50.4 Å². The van der Waals surface area contributed by atoms with Gasteiger partial charge in [0.15, 0.2) is 0 Å². The van der Waals surface area contributed by atoms with Crippen LogP contribution in [0.4, 0.5) is 0 Å². The lowest BCUT2D eigenvalue weighted by Gasteiger charge is -2.44. The fourth-order valence-electron chi connectivity index (χ4n) is 6.14. The Hall–Kier alpha value is -2.67. The number of carbonyl (C=O) groups excluding carboxylic acids is 1. The van der Waals surface area contributed by atoms with Gasteiger partial charge in [-0.25, -0.2) is 5.01 Å². The molecule has 6 nitrogen and oxygen atoms in total. The predicted molar refractivity (Wildman–Crippen MR) is 139 cm³/mol. The maximum Gasteiger partial charge on any atom is 0.265 e. The third kappa shape index (κ3) is 5.30. The highest BCUT2D eigenvalue weighted by atomic mass is 16.5.